The van der Waals surface area contributed by atoms with Gasteiger partial charge in [-0.1, -0.05) is 36.4 Å². The van der Waals surface area contributed by atoms with Crippen LogP contribution in [0.4, 0.5) is 11.4 Å². The molecule has 4 rings (SSSR count). The summed E-state index contributed by atoms with van der Waals surface area (Å²) in [4.78, 5) is 19.4. The molecule has 3 aromatic rings. The van der Waals surface area contributed by atoms with Crippen molar-refractivity contribution in [2.75, 3.05) is 10.6 Å². The number of fused-ring (bicyclic) bond motifs is 2. The molecule has 4 nitrogen and oxygen atoms in total. The van der Waals surface area contributed by atoms with E-state index in [0.717, 1.165) is 28.7 Å². The number of anilines is 2. The van der Waals surface area contributed by atoms with Crippen LogP contribution in [0.25, 0.3) is 10.9 Å². The van der Waals surface area contributed by atoms with Crippen LogP contribution in [0.1, 0.15) is 18.2 Å². The lowest BCUT2D eigenvalue weighted by Crippen LogP contribution is -2.36. The number of pyridine rings is 1. The molecule has 0 saturated carbocycles. The van der Waals surface area contributed by atoms with Crippen LogP contribution in [0.3, 0.4) is 0 Å². The van der Waals surface area contributed by atoms with Gasteiger partial charge in [0.25, 0.3) is 0 Å². The molecule has 2 N–H and O–H groups in total. The average Bonchev–Trinajstić information content (AvgIpc) is 2.91. The number of carbonyl (C=O) groups excluding carboxylic acids is 1. The van der Waals surface area contributed by atoms with Gasteiger partial charge in [-0.25, -0.2) is 0 Å². The van der Waals surface area contributed by atoms with Gasteiger partial charge in [0.15, 0.2) is 0 Å². The number of carbonyl (C=O) groups is 1. The molecule has 0 bridgehead atoms. The summed E-state index contributed by atoms with van der Waals surface area (Å²) in [6.45, 7) is 2.09. The van der Waals surface area contributed by atoms with Gasteiger partial charge in [0.05, 0.1) is 23.3 Å². The maximum Gasteiger partial charge on any atom is 0.233 e. The Morgan fingerprint density at radius 3 is 2.88 bits per heavy atom. The van der Waals surface area contributed by atoms with E-state index in [4.69, 9.17) is 5.73 Å². The molecule has 0 spiro atoms. The average molecular weight is 317 g/mol. The second kappa shape index (κ2) is 5.64. The number of rotatable bonds is 2. The Morgan fingerprint density at radius 1 is 1.17 bits per heavy atom. The van der Waals surface area contributed by atoms with E-state index in [1.165, 1.54) is 5.56 Å². The summed E-state index contributed by atoms with van der Waals surface area (Å²) in [6, 6.07) is 17.9. The number of hydrogen-bond acceptors (Lipinski definition) is 3. The molecule has 2 heterocycles. The molecule has 2 aromatic carbocycles. The van der Waals surface area contributed by atoms with Crippen molar-refractivity contribution in [3.05, 3.63) is 65.9 Å². The van der Waals surface area contributed by atoms with Crippen LogP contribution < -0.4 is 10.6 Å². The molecule has 1 amide bonds. The number of amides is 1. The zero-order valence-corrected chi connectivity index (χ0v) is 13.6. The maximum atomic E-state index is 12.9. The van der Waals surface area contributed by atoms with Gasteiger partial charge >= 0.3 is 0 Å². The van der Waals surface area contributed by atoms with E-state index in [2.05, 4.69) is 18.0 Å². The smallest absolute Gasteiger partial charge is 0.233 e. The van der Waals surface area contributed by atoms with E-state index in [9.17, 15) is 4.79 Å². The molecule has 1 aliphatic rings. The normalized spacial score (nSPS) is 16.4. The van der Waals surface area contributed by atoms with Crippen LogP contribution in [0.2, 0.25) is 0 Å². The third-order valence-electron chi connectivity index (χ3n) is 4.62. The van der Waals surface area contributed by atoms with Crippen molar-refractivity contribution in [2.24, 2.45) is 0 Å². The molecule has 0 fully saturated rings. The van der Waals surface area contributed by atoms with Crippen LogP contribution in [0.5, 0.6) is 0 Å². The molecule has 1 aliphatic heterocycles. The largest absolute Gasteiger partial charge is 0.397 e. The Labute approximate surface area is 140 Å². The monoisotopic (exact) mass is 317 g/mol. The summed E-state index contributed by atoms with van der Waals surface area (Å²) >= 11 is 0. The minimum atomic E-state index is 0.0776. The van der Waals surface area contributed by atoms with Crippen molar-refractivity contribution < 1.29 is 4.79 Å². The molecule has 1 unspecified atom stereocenters. The van der Waals surface area contributed by atoms with Crippen molar-refractivity contribution >= 4 is 28.2 Å². The zero-order chi connectivity index (χ0) is 16.7. The lowest BCUT2D eigenvalue weighted by atomic mass is 10.1. The zero-order valence-electron chi connectivity index (χ0n) is 13.6. The fourth-order valence-electron chi connectivity index (χ4n) is 3.49. The van der Waals surface area contributed by atoms with Gasteiger partial charge in [0, 0.05) is 17.1 Å². The Balaban J connectivity index is 1.64. The highest BCUT2D eigenvalue weighted by Crippen LogP contribution is 2.32. The van der Waals surface area contributed by atoms with Gasteiger partial charge in [-0.3, -0.25) is 9.78 Å². The van der Waals surface area contributed by atoms with Crippen LogP contribution in [0, 0.1) is 0 Å². The van der Waals surface area contributed by atoms with Gasteiger partial charge in [0.2, 0.25) is 5.91 Å². The highest BCUT2D eigenvalue weighted by molar-refractivity contribution is 5.97. The van der Waals surface area contributed by atoms with E-state index in [1.807, 2.05) is 53.4 Å². The van der Waals surface area contributed by atoms with E-state index in [1.54, 1.807) is 0 Å². The quantitative estimate of drug-likeness (QED) is 0.738. The lowest BCUT2D eigenvalue weighted by Gasteiger charge is -2.22. The van der Waals surface area contributed by atoms with Crippen molar-refractivity contribution in [3.8, 4) is 0 Å². The Morgan fingerprint density at radius 2 is 2.00 bits per heavy atom. The Hall–Kier alpha value is -2.88. The van der Waals surface area contributed by atoms with E-state index >= 15 is 0 Å². The van der Waals surface area contributed by atoms with Gasteiger partial charge in [-0.05, 0) is 37.1 Å². The molecule has 1 atom stereocenters. The first kappa shape index (κ1) is 14.7. The van der Waals surface area contributed by atoms with Crippen LogP contribution in [-0.2, 0) is 17.6 Å². The number of nitrogens with zero attached hydrogens (tertiary/aromatic N) is 2. The summed E-state index contributed by atoms with van der Waals surface area (Å²) in [5.74, 6) is 0.0776. The molecular formula is C20H19N3O. The topological polar surface area (TPSA) is 59.2 Å². The summed E-state index contributed by atoms with van der Waals surface area (Å²) in [6.07, 6.45) is 1.18. The summed E-state index contributed by atoms with van der Waals surface area (Å²) < 4.78 is 0. The van der Waals surface area contributed by atoms with Gasteiger partial charge < -0.3 is 10.6 Å². The first-order valence-electron chi connectivity index (χ1n) is 8.17. The predicted molar refractivity (Wildman–Crippen MR) is 97.0 cm³/mol. The number of nitrogen functional groups attached to an aromatic ring is 1. The SMILES string of the molecule is CC1Cc2ccccc2N1C(=O)Cc1ccc2cccc(N)c2n1. The second-order valence-electron chi connectivity index (χ2n) is 6.34. The number of nitrogens with two attached hydrogens (primary N) is 1. The van der Waals surface area contributed by atoms with Crippen molar-refractivity contribution in [2.45, 2.75) is 25.8 Å². The fourth-order valence-corrected chi connectivity index (χ4v) is 3.49. The summed E-state index contributed by atoms with van der Waals surface area (Å²) in [7, 11) is 0. The van der Waals surface area contributed by atoms with Crippen LogP contribution in [-0.4, -0.2) is 16.9 Å². The van der Waals surface area contributed by atoms with Gasteiger partial charge in [-0.2, -0.15) is 0 Å². The molecular weight excluding hydrogens is 298 g/mol. The molecule has 0 saturated heterocycles. The fraction of sp³-hybridized carbons (Fsp3) is 0.200. The number of para-hydroxylation sites is 2. The van der Waals surface area contributed by atoms with Gasteiger partial charge in [-0.15, -0.1) is 0 Å². The van der Waals surface area contributed by atoms with Crippen LogP contribution >= 0.6 is 0 Å². The minimum absolute atomic E-state index is 0.0776. The molecule has 0 aliphatic carbocycles. The summed E-state index contributed by atoms with van der Waals surface area (Å²) in [5.41, 5.74) is 10.4. The highest BCUT2D eigenvalue weighted by Gasteiger charge is 2.30. The first-order valence-corrected chi connectivity index (χ1v) is 8.17. The first-order chi connectivity index (χ1) is 11.6. The Kier molecular flexibility index (Phi) is 3.45. The lowest BCUT2D eigenvalue weighted by molar-refractivity contribution is -0.118. The Bertz CT molecular complexity index is 935. The van der Waals surface area contributed by atoms with Crippen molar-refractivity contribution in [1.82, 2.24) is 4.98 Å². The standard InChI is InChI=1S/C20H19N3O/c1-13-11-15-5-2-3-8-18(15)23(13)19(24)12-16-10-9-14-6-4-7-17(21)20(14)22-16/h2-10,13H,11-12,21H2,1H3. The molecule has 120 valence electrons. The second-order valence-corrected chi connectivity index (χ2v) is 6.34. The number of hydrogen-bond donors (Lipinski definition) is 1. The van der Waals surface area contributed by atoms with Gasteiger partial charge in [0.1, 0.15) is 0 Å². The maximum absolute atomic E-state index is 12.9. The van der Waals surface area contributed by atoms with Crippen LogP contribution in [0.15, 0.2) is 54.6 Å². The molecule has 1 aromatic heterocycles. The molecule has 24 heavy (non-hydrogen) atoms. The molecule has 0 radical (unpaired) electrons. The van der Waals surface area contributed by atoms with Crippen molar-refractivity contribution in [1.29, 1.82) is 0 Å². The third-order valence-corrected chi connectivity index (χ3v) is 4.62. The predicted octanol–water partition coefficient (Wildman–Crippen LogP) is 3.34. The number of aromatic nitrogens is 1. The van der Waals surface area contributed by atoms with E-state index < -0.39 is 0 Å². The third kappa shape index (κ3) is 2.40. The molecule has 4 heteroatoms. The number of benzene rings is 2. The summed E-state index contributed by atoms with van der Waals surface area (Å²) in [5, 5.41) is 0.992. The highest BCUT2D eigenvalue weighted by atomic mass is 16.2. The minimum Gasteiger partial charge on any atom is -0.397 e. The van der Waals surface area contributed by atoms with E-state index in [0.29, 0.717) is 5.69 Å². The van der Waals surface area contributed by atoms with E-state index in [-0.39, 0.29) is 18.4 Å². The van der Waals surface area contributed by atoms with Crippen molar-refractivity contribution in [3.63, 3.8) is 0 Å².